The van der Waals surface area contributed by atoms with E-state index in [1.165, 1.54) is 89.9 Å². The van der Waals surface area contributed by atoms with Gasteiger partial charge >= 0.3 is 0 Å². The van der Waals surface area contributed by atoms with Crippen LogP contribution < -0.4 is 0 Å². The fraction of sp³-hybridized carbons (Fsp3) is 1.00. The molecule has 0 aliphatic heterocycles. The van der Waals surface area contributed by atoms with Gasteiger partial charge in [-0.2, -0.15) is 0 Å². The van der Waals surface area contributed by atoms with E-state index in [4.69, 9.17) is 14.5 Å². The molecule has 0 heterocycles. The van der Waals surface area contributed by atoms with Crippen molar-refractivity contribution in [2.75, 3.05) is 26.4 Å². The molecular formula is C22H46O3. The second-order valence-corrected chi connectivity index (χ2v) is 7.14. The smallest absolute Gasteiger partial charge is 0.0822 e. The fourth-order valence-corrected chi connectivity index (χ4v) is 2.98. The number of hydrogen-bond donors (Lipinski definition) is 0. The normalized spacial score (nSPS) is 11.3. The Morgan fingerprint density at radius 1 is 0.400 bits per heavy atom. The molecule has 3 nitrogen and oxygen atoms in total. The van der Waals surface area contributed by atoms with Gasteiger partial charge in [0.2, 0.25) is 0 Å². The van der Waals surface area contributed by atoms with Crippen LogP contribution in [-0.2, 0) is 14.5 Å². The minimum Gasteiger partial charge on any atom is -0.382 e. The quantitative estimate of drug-likeness (QED) is 0.116. The first-order valence-corrected chi connectivity index (χ1v) is 11.2. The first-order chi connectivity index (χ1) is 12.4. The SMILES string of the molecule is CCCCCCCCOOCCCCCCCCCCCCOCC. The summed E-state index contributed by atoms with van der Waals surface area (Å²) in [5, 5.41) is 0. The maximum Gasteiger partial charge on any atom is 0.0822 e. The van der Waals surface area contributed by atoms with Gasteiger partial charge in [0.25, 0.3) is 0 Å². The summed E-state index contributed by atoms with van der Waals surface area (Å²) in [6.45, 7) is 7.64. The van der Waals surface area contributed by atoms with Gasteiger partial charge in [-0.3, -0.25) is 0 Å². The second kappa shape index (κ2) is 23.9. The molecule has 0 amide bonds. The summed E-state index contributed by atoms with van der Waals surface area (Å²) < 4.78 is 5.35. The highest BCUT2D eigenvalue weighted by Gasteiger charge is 1.95. The average molecular weight is 359 g/mol. The third kappa shape index (κ3) is 23.9. The zero-order valence-electron chi connectivity index (χ0n) is 17.4. The lowest BCUT2D eigenvalue weighted by Crippen LogP contribution is -1.99. The molecule has 0 unspecified atom stereocenters. The van der Waals surface area contributed by atoms with Gasteiger partial charge in [-0.15, -0.1) is 0 Å². The van der Waals surface area contributed by atoms with Crippen LogP contribution in [0.3, 0.4) is 0 Å². The Kier molecular flexibility index (Phi) is 23.8. The van der Waals surface area contributed by atoms with Gasteiger partial charge in [-0.25, -0.2) is 9.78 Å². The molecule has 152 valence electrons. The van der Waals surface area contributed by atoms with Crippen molar-refractivity contribution in [1.29, 1.82) is 0 Å². The van der Waals surface area contributed by atoms with Crippen molar-refractivity contribution in [3.05, 3.63) is 0 Å². The predicted molar refractivity (Wildman–Crippen MR) is 108 cm³/mol. The van der Waals surface area contributed by atoms with Gasteiger partial charge in [0, 0.05) is 13.2 Å². The number of ether oxygens (including phenoxy) is 1. The van der Waals surface area contributed by atoms with E-state index in [1.807, 2.05) is 0 Å². The van der Waals surface area contributed by atoms with Crippen LogP contribution in [0.25, 0.3) is 0 Å². The number of rotatable bonds is 22. The van der Waals surface area contributed by atoms with Crippen molar-refractivity contribution >= 4 is 0 Å². The Balaban J connectivity index is 2.94. The molecule has 3 heteroatoms. The molecule has 25 heavy (non-hydrogen) atoms. The van der Waals surface area contributed by atoms with Crippen molar-refractivity contribution < 1.29 is 14.5 Å². The van der Waals surface area contributed by atoms with Gasteiger partial charge in [0.15, 0.2) is 0 Å². The number of hydrogen-bond acceptors (Lipinski definition) is 3. The van der Waals surface area contributed by atoms with E-state index < -0.39 is 0 Å². The van der Waals surface area contributed by atoms with E-state index in [-0.39, 0.29) is 0 Å². The molecule has 0 atom stereocenters. The maximum absolute atomic E-state index is 5.35. The third-order valence-electron chi connectivity index (χ3n) is 4.64. The van der Waals surface area contributed by atoms with Crippen LogP contribution in [0.5, 0.6) is 0 Å². The molecule has 0 aromatic rings. The lowest BCUT2D eigenvalue weighted by atomic mass is 10.1. The summed E-state index contributed by atoms with van der Waals surface area (Å²) in [4.78, 5) is 10.5. The van der Waals surface area contributed by atoms with Crippen molar-refractivity contribution in [3.63, 3.8) is 0 Å². The van der Waals surface area contributed by atoms with E-state index in [9.17, 15) is 0 Å². The predicted octanol–water partition coefficient (Wildman–Crippen LogP) is 7.23. The summed E-state index contributed by atoms with van der Waals surface area (Å²) in [5.41, 5.74) is 0. The zero-order chi connectivity index (χ0) is 18.3. The minimum absolute atomic E-state index is 0.760. The lowest BCUT2D eigenvalue weighted by Gasteiger charge is -2.05. The Morgan fingerprint density at radius 3 is 1.16 bits per heavy atom. The highest BCUT2D eigenvalue weighted by Crippen LogP contribution is 2.11. The minimum atomic E-state index is 0.760. The highest BCUT2D eigenvalue weighted by molar-refractivity contribution is 4.48. The summed E-state index contributed by atoms with van der Waals surface area (Å²) in [6.07, 6.45) is 21.0. The lowest BCUT2D eigenvalue weighted by molar-refractivity contribution is -0.295. The fourth-order valence-electron chi connectivity index (χ4n) is 2.98. The van der Waals surface area contributed by atoms with Gasteiger partial charge in [-0.1, -0.05) is 90.4 Å². The summed E-state index contributed by atoms with van der Waals surface area (Å²) in [6, 6.07) is 0. The molecule has 0 rings (SSSR count). The summed E-state index contributed by atoms with van der Waals surface area (Å²) in [5.74, 6) is 0. The molecule has 0 saturated heterocycles. The Bertz CT molecular complexity index is 199. The molecule has 0 aliphatic carbocycles. The van der Waals surface area contributed by atoms with Crippen LogP contribution in [0.4, 0.5) is 0 Å². The first-order valence-electron chi connectivity index (χ1n) is 11.2. The van der Waals surface area contributed by atoms with E-state index in [1.54, 1.807) is 0 Å². The van der Waals surface area contributed by atoms with Crippen LogP contribution in [0.1, 0.15) is 117 Å². The molecule has 0 saturated carbocycles. The Morgan fingerprint density at radius 2 is 0.760 bits per heavy atom. The molecular weight excluding hydrogens is 312 g/mol. The largest absolute Gasteiger partial charge is 0.382 e. The molecule has 0 aromatic heterocycles. The topological polar surface area (TPSA) is 27.7 Å². The molecule has 0 fully saturated rings. The molecule has 0 aromatic carbocycles. The zero-order valence-corrected chi connectivity index (χ0v) is 17.4. The van der Waals surface area contributed by atoms with Crippen molar-refractivity contribution in [3.8, 4) is 0 Å². The first kappa shape index (κ1) is 24.9. The summed E-state index contributed by atoms with van der Waals surface area (Å²) >= 11 is 0. The monoisotopic (exact) mass is 358 g/mol. The van der Waals surface area contributed by atoms with Gasteiger partial charge in [-0.05, 0) is 26.2 Å². The van der Waals surface area contributed by atoms with Crippen LogP contribution >= 0.6 is 0 Å². The van der Waals surface area contributed by atoms with E-state index >= 15 is 0 Å². The van der Waals surface area contributed by atoms with Crippen molar-refractivity contribution in [2.24, 2.45) is 0 Å². The van der Waals surface area contributed by atoms with Gasteiger partial charge in [0.05, 0.1) is 13.2 Å². The molecule has 0 radical (unpaired) electrons. The van der Waals surface area contributed by atoms with Crippen LogP contribution in [-0.4, -0.2) is 26.4 Å². The highest BCUT2D eigenvalue weighted by atomic mass is 17.2. The molecule has 0 aliphatic rings. The molecule has 0 N–H and O–H groups in total. The van der Waals surface area contributed by atoms with Crippen LogP contribution in [0, 0.1) is 0 Å². The third-order valence-corrected chi connectivity index (χ3v) is 4.64. The van der Waals surface area contributed by atoms with Crippen molar-refractivity contribution in [2.45, 2.75) is 117 Å². The van der Waals surface area contributed by atoms with Gasteiger partial charge in [0.1, 0.15) is 0 Å². The van der Waals surface area contributed by atoms with Crippen molar-refractivity contribution in [1.82, 2.24) is 0 Å². The van der Waals surface area contributed by atoms with Crippen LogP contribution in [0.15, 0.2) is 0 Å². The maximum atomic E-state index is 5.35. The molecule has 0 bridgehead atoms. The average Bonchev–Trinajstić information content (AvgIpc) is 2.63. The van der Waals surface area contributed by atoms with E-state index in [0.717, 1.165) is 39.3 Å². The standard InChI is InChI=1S/C22H46O3/c1-3-5-6-7-15-18-21-24-25-22-19-16-13-11-9-8-10-12-14-17-20-23-4-2/h3-22H2,1-2H3. The summed E-state index contributed by atoms with van der Waals surface area (Å²) in [7, 11) is 0. The number of unbranched alkanes of at least 4 members (excludes halogenated alkanes) is 14. The second-order valence-electron chi connectivity index (χ2n) is 7.14. The van der Waals surface area contributed by atoms with Crippen LogP contribution in [0.2, 0.25) is 0 Å². The Hall–Kier alpha value is -0.120. The molecule has 0 spiro atoms. The Labute approximate surface area is 158 Å². The van der Waals surface area contributed by atoms with Gasteiger partial charge < -0.3 is 4.74 Å². The van der Waals surface area contributed by atoms with E-state index in [2.05, 4.69) is 13.8 Å². The van der Waals surface area contributed by atoms with E-state index in [0.29, 0.717) is 0 Å².